The van der Waals surface area contributed by atoms with Crippen molar-refractivity contribution in [3.63, 3.8) is 0 Å². The minimum absolute atomic E-state index is 0.522. The Morgan fingerprint density at radius 3 is 1.01 bits per heavy atom. The lowest BCUT2D eigenvalue weighted by Gasteiger charge is -2.21. The van der Waals surface area contributed by atoms with Crippen molar-refractivity contribution in [2.24, 2.45) is 0 Å². The molecule has 0 N–H and O–H groups in total. The van der Waals surface area contributed by atoms with Crippen LogP contribution in [0.2, 0.25) is 0 Å². The third kappa shape index (κ3) is 9.63. The first-order valence-electron chi connectivity index (χ1n) is 31.3. The third-order valence-electron chi connectivity index (χ3n) is 18.4. The average molecular weight is 1180 g/mol. The molecular formula is C86H60N6. The van der Waals surface area contributed by atoms with Gasteiger partial charge < -0.3 is 9.13 Å². The highest BCUT2D eigenvalue weighted by atomic mass is 15.1. The van der Waals surface area contributed by atoms with E-state index in [2.05, 4.69) is 273 Å². The van der Waals surface area contributed by atoms with Gasteiger partial charge in [-0.1, -0.05) is 212 Å². The molecule has 16 rings (SSSR count). The van der Waals surface area contributed by atoms with Gasteiger partial charge in [0.25, 0.3) is 0 Å². The largest absolute Gasteiger partial charge is 0.309 e. The number of hydrogen-bond acceptors (Lipinski definition) is 4. The Balaban J connectivity index is 1.04. The Bertz CT molecular complexity index is 5370. The molecule has 0 atom stereocenters. The first-order valence-corrected chi connectivity index (χ1v) is 31.3. The number of aryl methyl sites for hydroxylation is 4. The number of nitriles is 1. The van der Waals surface area contributed by atoms with Crippen molar-refractivity contribution >= 4 is 43.6 Å². The maximum Gasteiger partial charge on any atom is 0.166 e. The number of benzene rings is 13. The van der Waals surface area contributed by atoms with Crippen molar-refractivity contribution in [3.05, 3.63) is 319 Å². The van der Waals surface area contributed by atoms with E-state index in [-0.39, 0.29) is 0 Å². The van der Waals surface area contributed by atoms with Crippen molar-refractivity contribution in [2.45, 2.75) is 27.7 Å². The predicted molar refractivity (Wildman–Crippen MR) is 381 cm³/mol. The van der Waals surface area contributed by atoms with Crippen molar-refractivity contribution in [2.75, 3.05) is 0 Å². The molecule has 3 aromatic heterocycles. The van der Waals surface area contributed by atoms with Gasteiger partial charge in [0, 0.05) is 38.2 Å². The van der Waals surface area contributed by atoms with Gasteiger partial charge in [-0.15, -0.1) is 0 Å². The highest BCUT2D eigenvalue weighted by Crippen LogP contribution is 2.47. The van der Waals surface area contributed by atoms with Gasteiger partial charge in [0.15, 0.2) is 17.5 Å². The van der Waals surface area contributed by atoms with E-state index in [4.69, 9.17) is 15.0 Å². The first-order chi connectivity index (χ1) is 45.2. The summed E-state index contributed by atoms with van der Waals surface area (Å²) in [5, 5.41) is 14.6. The Morgan fingerprint density at radius 2 is 0.609 bits per heavy atom. The van der Waals surface area contributed by atoms with Crippen LogP contribution in [0.3, 0.4) is 0 Å². The molecule has 434 valence electrons. The molecule has 3 heterocycles. The molecule has 0 aliphatic carbocycles. The zero-order valence-electron chi connectivity index (χ0n) is 51.4. The lowest BCUT2D eigenvalue weighted by Crippen LogP contribution is -2.06. The molecule has 92 heavy (non-hydrogen) atoms. The van der Waals surface area contributed by atoms with E-state index in [0.717, 1.165) is 116 Å². The third-order valence-corrected chi connectivity index (χ3v) is 18.4. The zero-order valence-corrected chi connectivity index (χ0v) is 51.4. The molecule has 0 unspecified atom stereocenters. The highest BCUT2D eigenvalue weighted by molar-refractivity contribution is 6.14. The SMILES string of the molecule is Cc1ccccc1-c1ccc2c(c1)c1cc(-c3ccccc3C)ccc1n2-c1ccc(-c2ccc(C#N)cc2)cc1-c1cccc(-n2c3ccc(-c4ccccc4C)cc3c3cc(-c4ccccc4C)ccc32)c1-c1nc(-c2ccccc2)nc(-c2ccccc2)n1. The van der Waals surface area contributed by atoms with Crippen LogP contribution in [0.1, 0.15) is 27.8 Å². The fraction of sp³-hybridized carbons (Fsp3) is 0.0465. The summed E-state index contributed by atoms with van der Waals surface area (Å²) in [6.45, 7) is 8.76. The number of aromatic nitrogens is 5. The quantitative estimate of drug-likeness (QED) is 0.129. The molecule has 0 saturated heterocycles. The first kappa shape index (κ1) is 55.3. The van der Waals surface area contributed by atoms with Gasteiger partial charge in [0.05, 0.1) is 50.6 Å². The Morgan fingerprint density at radius 1 is 0.261 bits per heavy atom. The van der Waals surface area contributed by atoms with Gasteiger partial charge >= 0.3 is 0 Å². The summed E-state index contributed by atoms with van der Waals surface area (Å²) < 4.78 is 4.90. The van der Waals surface area contributed by atoms with Crippen LogP contribution in [-0.2, 0) is 0 Å². The van der Waals surface area contributed by atoms with E-state index in [1.165, 1.54) is 44.5 Å². The Kier molecular flexibility index (Phi) is 13.7. The summed E-state index contributed by atoms with van der Waals surface area (Å²) >= 11 is 0. The van der Waals surface area contributed by atoms with Crippen LogP contribution in [0.25, 0.3) is 156 Å². The zero-order chi connectivity index (χ0) is 62.0. The lowest BCUT2D eigenvalue weighted by atomic mass is 9.92. The Hall–Kier alpha value is -12.0. The summed E-state index contributed by atoms with van der Waals surface area (Å²) in [6, 6.07) is 107. The molecule has 0 radical (unpaired) electrons. The average Bonchev–Trinajstić information content (AvgIpc) is 1.53. The second-order valence-electron chi connectivity index (χ2n) is 24.0. The topological polar surface area (TPSA) is 72.3 Å². The monoisotopic (exact) mass is 1180 g/mol. The van der Waals surface area contributed by atoms with Crippen LogP contribution < -0.4 is 0 Å². The van der Waals surface area contributed by atoms with Crippen LogP contribution in [0.5, 0.6) is 0 Å². The van der Waals surface area contributed by atoms with Crippen molar-refractivity contribution < 1.29 is 0 Å². The molecule has 0 aliphatic rings. The molecule has 6 heteroatoms. The summed E-state index contributed by atoms with van der Waals surface area (Å²) in [5.41, 5.74) is 27.4. The van der Waals surface area contributed by atoms with Crippen molar-refractivity contribution in [1.29, 1.82) is 5.26 Å². The molecule has 0 aliphatic heterocycles. The molecule has 13 aromatic carbocycles. The molecular weight excluding hydrogens is 1120 g/mol. The summed E-state index contributed by atoms with van der Waals surface area (Å²) in [5.74, 6) is 1.64. The number of fused-ring (bicyclic) bond motifs is 6. The van der Waals surface area contributed by atoms with E-state index in [9.17, 15) is 5.26 Å². The molecule has 6 nitrogen and oxygen atoms in total. The number of rotatable bonds is 11. The Labute approximate surface area is 535 Å². The second-order valence-corrected chi connectivity index (χ2v) is 24.0. The standard InChI is InChI=1S/C86H60N6/c1-54-20-11-15-28-67(54)63-39-44-78-73(49-63)74-50-64(68-29-16-12-21-55(68)2)40-45-79(74)91(78)77-43-38-62(59-36-34-58(53-87)35-37-59)48-72(77)71-32-19-33-82(83(71)86-89-84(60-24-7-5-8-25-60)88-85(90-86)61-26-9-6-10-27-61)92-80-46-41-65(69-30-17-13-22-56(69)3)51-75(80)76-52-66(42-47-81(76)92)70-31-18-14-23-57(70)4/h5-52H,1-4H3. The van der Waals surface area contributed by atoms with Gasteiger partial charge in [0.1, 0.15) is 0 Å². The maximum absolute atomic E-state index is 10.0. The predicted octanol–water partition coefficient (Wildman–Crippen LogP) is 22.2. The van der Waals surface area contributed by atoms with E-state index in [1.807, 2.05) is 60.7 Å². The number of nitrogens with zero attached hydrogens (tertiary/aromatic N) is 6. The molecule has 0 fully saturated rings. The lowest BCUT2D eigenvalue weighted by molar-refractivity contribution is 1.06. The van der Waals surface area contributed by atoms with Crippen molar-refractivity contribution in [1.82, 2.24) is 24.1 Å². The number of hydrogen-bond donors (Lipinski definition) is 0. The smallest absolute Gasteiger partial charge is 0.166 e. The maximum atomic E-state index is 10.0. The van der Waals surface area contributed by atoms with E-state index >= 15 is 0 Å². The van der Waals surface area contributed by atoms with Crippen LogP contribution in [0.15, 0.2) is 291 Å². The van der Waals surface area contributed by atoms with Gasteiger partial charge in [-0.2, -0.15) is 5.26 Å². The summed E-state index contributed by atoms with van der Waals surface area (Å²) in [7, 11) is 0. The summed E-state index contributed by atoms with van der Waals surface area (Å²) in [4.78, 5) is 16.6. The van der Waals surface area contributed by atoms with Gasteiger partial charge in [-0.3, -0.25) is 0 Å². The van der Waals surface area contributed by atoms with Crippen LogP contribution >= 0.6 is 0 Å². The van der Waals surface area contributed by atoms with Gasteiger partial charge in [-0.25, -0.2) is 15.0 Å². The normalized spacial score (nSPS) is 11.5. The van der Waals surface area contributed by atoms with E-state index < -0.39 is 0 Å². The molecule has 0 bridgehead atoms. The molecule has 0 amide bonds. The fourth-order valence-electron chi connectivity index (χ4n) is 13.8. The highest BCUT2D eigenvalue weighted by Gasteiger charge is 2.27. The van der Waals surface area contributed by atoms with Crippen LogP contribution in [0, 0.1) is 39.0 Å². The molecule has 16 aromatic rings. The second kappa shape index (κ2) is 22.8. The van der Waals surface area contributed by atoms with E-state index in [1.54, 1.807) is 0 Å². The minimum atomic E-state index is 0.522. The molecule has 0 spiro atoms. The molecule has 0 saturated carbocycles. The minimum Gasteiger partial charge on any atom is -0.309 e. The van der Waals surface area contributed by atoms with Crippen LogP contribution in [0.4, 0.5) is 0 Å². The van der Waals surface area contributed by atoms with Gasteiger partial charge in [-0.05, 0) is 190 Å². The van der Waals surface area contributed by atoms with E-state index in [0.29, 0.717) is 23.0 Å². The van der Waals surface area contributed by atoms with Gasteiger partial charge in [0.2, 0.25) is 0 Å². The fourth-order valence-corrected chi connectivity index (χ4v) is 13.8. The van der Waals surface area contributed by atoms with Crippen LogP contribution in [-0.4, -0.2) is 24.1 Å². The van der Waals surface area contributed by atoms with Crippen molar-refractivity contribution in [3.8, 4) is 118 Å². The summed E-state index contributed by atoms with van der Waals surface area (Å²) in [6.07, 6.45) is 0.